The van der Waals surface area contributed by atoms with Gasteiger partial charge in [0.25, 0.3) is 0 Å². The van der Waals surface area contributed by atoms with Crippen LogP contribution in [0.15, 0.2) is 42.5 Å². The summed E-state index contributed by atoms with van der Waals surface area (Å²) >= 11 is 0. The number of carbonyl (C=O) groups is 2. The van der Waals surface area contributed by atoms with Gasteiger partial charge in [-0.05, 0) is 36.6 Å². The van der Waals surface area contributed by atoms with Crippen molar-refractivity contribution in [2.45, 2.75) is 27.7 Å². The third-order valence-corrected chi connectivity index (χ3v) is 3.71. The lowest BCUT2D eigenvalue weighted by molar-refractivity contribution is 0.0522. The van der Waals surface area contributed by atoms with E-state index >= 15 is 0 Å². The van der Waals surface area contributed by atoms with Crippen molar-refractivity contribution in [3.05, 3.63) is 59.2 Å². The van der Waals surface area contributed by atoms with E-state index in [1.165, 1.54) is 0 Å². The van der Waals surface area contributed by atoms with Crippen LogP contribution in [0.2, 0.25) is 0 Å². The smallest absolute Gasteiger partial charge is 0.338 e. The molecule has 0 fully saturated rings. The second-order valence-electron chi connectivity index (χ2n) is 5.82. The second kappa shape index (κ2) is 7.23. The fourth-order valence-electron chi connectivity index (χ4n) is 2.57. The van der Waals surface area contributed by atoms with E-state index in [0.717, 1.165) is 16.7 Å². The minimum absolute atomic E-state index is 0.0369. The molecule has 120 valence electrons. The lowest BCUT2D eigenvalue weighted by atomic mass is 9.89. The molecule has 0 saturated carbocycles. The van der Waals surface area contributed by atoms with E-state index in [9.17, 15) is 9.59 Å². The van der Waals surface area contributed by atoms with E-state index in [2.05, 4.69) is 0 Å². The number of rotatable bonds is 5. The van der Waals surface area contributed by atoms with E-state index in [-0.39, 0.29) is 18.3 Å². The average Bonchev–Trinajstić information content (AvgIpc) is 2.54. The number of Topliss-reactive ketones (excluding diaryl/α,β-unsaturated/α-hetero) is 1. The van der Waals surface area contributed by atoms with Crippen LogP contribution in [0.5, 0.6) is 0 Å². The van der Waals surface area contributed by atoms with Gasteiger partial charge < -0.3 is 4.74 Å². The maximum absolute atomic E-state index is 12.5. The lowest BCUT2D eigenvalue weighted by Crippen LogP contribution is -2.17. The van der Waals surface area contributed by atoms with Gasteiger partial charge in [0.2, 0.25) is 0 Å². The van der Waals surface area contributed by atoms with E-state index in [4.69, 9.17) is 4.74 Å². The van der Waals surface area contributed by atoms with Crippen molar-refractivity contribution < 1.29 is 14.3 Å². The summed E-state index contributed by atoms with van der Waals surface area (Å²) < 4.78 is 5.15. The molecule has 0 aromatic heterocycles. The van der Waals surface area contributed by atoms with Gasteiger partial charge in [-0.15, -0.1) is 0 Å². The number of esters is 1. The zero-order valence-corrected chi connectivity index (χ0v) is 14.1. The first kappa shape index (κ1) is 16.9. The molecule has 2 rings (SSSR count). The highest BCUT2D eigenvalue weighted by molar-refractivity contribution is 6.09. The number of ether oxygens (including phenoxy) is 1. The number of benzene rings is 2. The van der Waals surface area contributed by atoms with Gasteiger partial charge in [0.15, 0.2) is 5.78 Å². The summed E-state index contributed by atoms with van der Waals surface area (Å²) in [4.78, 5) is 24.9. The predicted octanol–water partition coefficient (Wildman–Crippen LogP) is 4.68. The van der Waals surface area contributed by atoms with Crippen LogP contribution in [-0.2, 0) is 4.74 Å². The first-order chi connectivity index (χ1) is 11.0. The number of ketones is 1. The van der Waals surface area contributed by atoms with Crippen LogP contribution in [-0.4, -0.2) is 18.4 Å². The molecule has 3 heteroatoms. The summed E-state index contributed by atoms with van der Waals surface area (Å²) in [6, 6.07) is 13.5. The quantitative estimate of drug-likeness (QED) is 0.595. The molecule has 3 nitrogen and oxygen atoms in total. The summed E-state index contributed by atoms with van der Waals surface area (Å²) in [6.07, 6.45) is 0. The molecule has 0 atom stereocenters. The fourth-order valence-corrected chi connectivity index (χ4v) is 2.57. The molecule has 2 aromatic rings. The van der Waals surface area contributed by atoms with Gasteiger partial charge >= 0.3 is 5.97 Å². The van der Waals surface area contributed by atoms with Crippen molar-refractivity contribution in [3.63, 3.8) is 0 Å². The molecule has 0 aliphatic carbocycles. The van der Waals surface area contributed by atoms with Gasteiger partial charge in [-0.2, -0.15) is 0 Å². The summed E-state index contributed by atoms with van der Waals surface area (Å²) in [5.41, 5.74) is 3.53. The van der Waals surface area contributed by atoms with Gasteiger partial charge in [0, 0.05) is 11.5 Å². The summed E-state index contributed by atoms with van der Waals surface area (Å²) in [5.74, 6) is -0.660. The maximum Gasteiger partial charge on any atom is 0.338 e. The second-order valence-corrected chi connectivity index (χ2v) is 5.82. The molecule has 0 saturated heterocycles. The Morgan fingerprint density at radius 1 is 1.04 bits per heavy atom. The molecule has 2 aromatic carbocycles. The molecule has 0 N–H and O–H groups in total. The van der Waals surface area contributed by atoms with Crippen molar-refractivity contribution in [1.29, 1.82) is 0 Å². The molecular formula is C20H22O3. The fraction of sp³-hybridized carbons (Fsp3) is 0.300. The highest BCUT2D eigenvalue weighted by Gasteiger charge is 2.23. The minimum Gasteiger partial charge on any atom is -0.462 e. The molecule has 0 aliphatic heterocycles. The Bertz CT molecular complexity index is 715. The molecule has 0 radical (unpaired) electrons. The Morgan fingerprint density at radius 3 is 2.26 bits per heavy atom. The normalized spacial score (nSPS) is 10.7. The van der Waals surface area contributed by atoms with Crippen LogP contribution in [0.1, 0.15) is 47.1 Å². The predicted molar refractivity (Wildman–Crippen MR) is 91.7 cm³/mol. The lowest BCUT2D eigenvalue weighted by Gasteiger charge is -2.15. The van der Waals surface area contributed by atoms with Crippen molar-refractivity contribution in [2.75, 3.05) is 6.61 Å². The minimum atomic E-state index is -0.447. The topological polar surface area (TPSA) is 43.4 Å². The third kappa shape index (κ3) is 3.67. The average molecular weight is 310 g/mol. The number of carbonyl (C=O) groups excluding carboxylic acids is 2. The highest BCUT2D eigenvalue weighted by atomic mass is 16.5. The standard InChI is InChI=1S/C20H22O3/c1-5-23-20(22)17-12-16(15-9-7-6-8-10-15)11-14(4)18(17)19(21)13(2)3/h6-13H,5H2,1-4H3. The van der Waals surface area contributed by atoms with E-state index < -0.39 is 5.97 Å². The van der Waals surface area contributed by atoms with Crippen LogP contribution < -0.4 is 0 Å². The molecule has 23 heavy (non-hydrogen) atoms. The Labute approximate surface area is 137 Å². The van der Waals surface area contributed by atoms with Crippen molar-refractivity contribution >= 4 is 11.8 Å². The molecule has 0 heterocycles. The van der Waals surface area contributed by atoms with Crippen LogP contribution >= 0.6 is 0 Å². The molecular weight excluding hydrogens is 288 g/mol. The van der Waals surface area contributed by atoms with E-state index in [1.807, 2.05) is 57.2 Å². The Balaban J connectivity index is 2.64. The zero-order valence-electron chi connectivity index (χ0n) is 14.1. The summed E-state index contributed by atoms with van der Waals surface area (Å²) in [5, 5.41) is 0. The van der Waals surface area contributed by atoms with Crippen LogP contribution in [0.25, 0.3) is 11.1 Å². The van der Waals surface area contributed by atoms with E-state index in [1.54, 1.807) is 13.0 Å². The van der Waals surface area contributed by atoms with Crippen molar-refractivity contribution in [2.24, 2.45) is 5.92 Å². The Kier molecular flexibility index (Phi) is 5.32. The van der Waals surface area contributed by atoms with Gasteiger partial charge in [-0.3, -0.25) is 4.79 Å². The number of hydrogen-bond donors (Lipinski definition) is 0. The number of aryl methyl sites for hydroxylation is 1. The van der Waals surface area contributed by atoms with E-state index in [0.29, 0.717) is 11.1 Å². The monoisotopic (exact) mass is 310 g/mol. The first-order valence-electron chi connectivity index (χ1n) is 7.87. The largest absolute Gasteiger partial charge is 0.462 e. The highest BCUT2D eigenvalue weighted by Crippen LogP contribution is 2.28. The molecule has 0 unspecified atom stereocenters. The summed E-state index contributed by atoms with van der Waals surface area (Å²) in [6.45, 7) is 7.58. The van der Waals surface area contributed by atoms with Crippen LogP contribution in [0.3, 0.4) is 0 Å². The molecule has 0 spiro atoms. The SMILES string of the molecule is CCOC(=O)c1cc(-c2ccccc2)cc(C)c1C(=O)C(C)C. The van der Waals surface area contributed by atoms with Gasteiger partial charge in [-0.1, -0.05) is 50.2 Å². The van der Waals surface area contributed by atoms with Gasteiger partial charge in [-0.25, -0.2) is 4.79 Å². The van der Waals surface area contributed by atoms with Crippen LogP contribution in [0, 0.1) is 12.8 Å². The third-order valence-electron chi connectivity index (χ3n) is 3.71. The van der Waals surface area contributed by atoms with Crippen LogP contribution in [0.4, 0.5) is 0 Å². The molecule has 0 aliphatic rings. The van der Waals surface area contributed by atoms with Crippen molar-refractivity contribution in [1.82, 2.24) is 0 Å². The molecule has 0 bridgehead atoms. The van der Waals surface area contributed by atoms with Gasteiger partial charge in [0.1, 0.15) is 0 Å². The van der Waals surface area contributed by atoms with Crippen molar-refractivity contribution in [3.8, 4) is 11.1 Å². The summed E-state index contributed by atoms with van der Waals surface area (Å²) in [7, 11) is 0. The van der Waals surface area contributed by atoms with Gasteiger partial charge in [0.05, 0.1) is 12.2 Å². The Morgan fingerprint density at radius 2 is 1.70 bits per heavy atom. The first-order valence-corrected chi connectivity index (χ1v) is 7.87. The Hall–Kier alpha value is -2.42. The molecule has 0 amide bonds. The zero-order chi connectivity index (χ0) is 17.0. The maximum atomic E-state index is 12.5. The number of hydrogen-bond acceptors (Lipinski definition) is 3.